The Bertz CT molecular complexity index is 80.9. The summed E-state index contributed by atoms with van der Waals surface area (Å²) in [4.78, 5) is 0. The smallest absolute Gasteiger partial charge is 0.00698 e. The van der Waals surface area contributed by atoms with Gasteiger partial charge < -0.3 is 5.32 Å². The standard InChI is InChI=1S/C7H13N.ClH/c1-2-7-5-6(1)3-4-8-7;/h6-8H,1-5H2;1H/t6?,7-;/m0./s1. The van der Waals surface area contributed by atoms with E-state index in [9.17, 15) is 0 Å². The Kier molecular flexibility index (Phi) is 2.36. The van der Waals surface area contributed by atoms with E-state index >= 15 is 0 Å². The SMILES string of the molecule is C1CC2CC[C@@H](C2)N1.Cl. The normalized spacial score (nSPS) is 40.0. The van der Waals surface area contributed by atoms with E-state index in [4.69, 9.17) is 0 Å². The first-order valence-electron chi connectivity index (χ1n) is 3.68. The Morgan fingerprint density at radius 3 is 2.67 bits per heavy atom. The summed E-state index contributed by atoms with van der Waals surface area (Å²) in [7, 11) is 0. The first-order chi connectivity index (χ1) is 3.95. The average molecular weight is 148 g/mol. The molecule has 0 radical (unpaired) electrons. The van der Waals surface area contributed by atoms with Crippen LogP contribution in [-0.4, -0.2) is 12.6 Å². The van der Waals surface area contributed by atoms with Gasteiger partial charge in [0.15, 0.2) is 0 Å². The van der Waals surface area contributed by atoms with Crippen LogP contribution in [0.5, 0.6) is 0 Å². The van der Waals surface area contributed by atoms with Gasteiger partial charge in [-0.25, -0.2) is 0 Å². The van der Waals surface area contributed by atoms with Crippen molar-refractivity contribution in [1.82, 2.24) is 5.32 Å². The zero-order valence-corrected chi connectivity index (χ0v) is 6.41. The highest BCUT2D eigenvalue weighted by atomic mass is 35.5. The van der Waals surface area contributed by atoms with E-state index in [1.165, 1.54) is 32.2 Å². The van der Waals surface area contributed by atoms with Crippen LogP contribution in [-0.2, 0) is 0 Å². The molecular formula is C7H14ClN. The molecule has 1 heterocycles. The maximum absolute atomic E-state index is 3.51. The Labute approximate surface area is 62.6 Å². The van der Waals surface area contributed by atoms with Crippen LogP contribution in [0.15, 0.2) is 0 Å². The number of halogens is 1. The van der Waals surface area contributed by atoms with Crippen LogP contribution in [0.25, 0.3) is 0 Å². The van der Waals surface area contributed by atoms with E-state index in [1.807, 2.05) is 0 Å². The van der Waals surface area contributed by atoms with Gasteiger partial charge in [-0.3, -0.25) is 0 Å². The number of piperidine rings is 1. The lowest BCUT2D eigenvalue weighted by Gasteiger charge is -2.19. The molecule has 1 N–H and O–H groups in total. The number of rotatable bonds is 0. The van der Waals surface area contributed by atoms with E-state index < -0.39 is 0 Å². The Balaban J connectivity index is 0.000000405. The zero-order chi connectivity index (χ0) is 5.40. The molecule has 0 aromatic rings. The second-order valence-electron chi connectivity index (χ2n) is 3.12. The van der Waals surface area contributed by atoms with Crippen molar-refractivity contribution >= 4 is 12.4 Å². The maximum atomic E-state index is 3.51. The molecular weight excluding hydrogens is 134 g/mol. The first-order valence-corrected chi connectivity index (χ1v) is 3.68. The molecule has 1 nitrogen and oxygen atoms in total. The second-order valence-corrected chi connectivity index (χ2v) is 3.12. The largest absolute Gasteiger partial charge is 0.314 e. The lowest BCUT2D eigenvalue weighted by Crippen LogP contribution is -2.31. The van der Waals surface area contributed by atoms with Gasteiger partial charge >= 0.3 is 0 Å². The fourth-order valence-corrected chi connectivity index (χ4v) is 2.01. The molecule has 1 saturated heterocycles. The van der Waals surface area contributed by atoms with E-state index in [1.54, 1.807) is 0 Å². The topological polar surface area (TPSA) is 12.0 Å². The van der Waals surface area contributed by atoms with Gasteiger partial charge in [-0.05, 0) is 38.1 Å². The molecule has 1 aliphatic heterocycles. The number of hydrogen-bond donors (Lipinski definition) is 1. The monoisotopic (exact) mass is 147 g/mol. The van der Waals surface area contributed by atoms with Gasteiger partial charge in [0.1, 0.15) is 0 Å². The molecule has 54 valence electrons. The molecule has 2 aliphatic rings. The highest BCUT2D eigenvalue weighted by molar-refractivity contribution is 5.85. The van der Waals surface area contributed by atoms with Gasteiger partial charge in [0, 0.05) is 6.04 Å². The summed E-state index contributed by atoms with van der Waals surface area (Å²) in [6.07, 6.45) is 5.86. The summed E-state index contributed by atoms with van der Waals surface area (Å²) in [5, 5.41) is 3.51. The van der Waals surface area contributed by atoms with E-state index in [-0.39, 0.29) is 12.4 Å². The van der Waals surface area contributed by atoms with Crippen molar-refractivity contribution in [3.05, 3.63) is 0 Å². The summed E-state index contributed by atoms with van der Waals surface area (Å²) < 4.78 is 0. The van der Waals surface area contributed by atoms with E-state index in [2.05, 4.69) is 5.32 Å². The summed E-state index contributed by atoms with van der Waals surface area (Å²) >= 11 is 0. The van der Waals surface area contributed by atoms with Crippen LogP contribution >= 0.6 is 12.4 Å². The van der Waals surface area contributed by atoms with Gasteiger partial charge in [-0.2, -0.15) is 0 Å². The lowest BCUT2D eigenvalue weighted by atomic mass is 10.0. The fourth-order valence-electron chi connectivity index (χ4n) is 2.01. The third kappa shape index (κ3) is 1.39. The maximum Gasteiger partial charge on any atom is 0.00698 e. The van der Waals surface area contributed by atoms with Gasteiger partial charge in [0.2, 0.25) is 0 Å². The third-order valence-electron chi connectivity index (χ3n) is 2.53. The minimum Gasteiger partial charge on any atom is -0.314 e. The molecule has 2 bridgehead atoms. The highest BCUT2D eigenvalue weighted by Gasteiger charge is 2.27. The van der Waals surface area contributed by atoms with Crippen molar-refractivity contribution in [3.8, 4) is 0 Å². The van der Waals surface area contributed by atoms with Gasteiger partial charge in [0.25, 0.3) is 0 Å². The van der Waals surface area contributed by atoms with Crippen molar-refractivity contribution in [2.24, 2.45) is 5.92 Å². The second kappa shape index (κ2) is 2.89. The average Bonchev–Trinajstić information content (AvgIpc) is 2.12. The molecule has 2 atom stereocenters. The van der Waals surface area contributed by atoms with Crippen LogP contribution < -0.4 is 5.32 Å². The molecule has 0 aromatic carbocycles. The molecule has 9 heavy (non-hydrogen) atoms. The molecule has 1 unspecified atom stereocenters. The van der Waals surface area contributed by atoms with Crippen molar-refractivity contribution < 1.29 is 0 Å². The Morgan fingerprint density at radius 2 is 2.00 bits per heavy atom. The lowest BCUT2D eigenvalue weighted by molar-refractivity contribution is 0.391. The number of fused-ring (bicyclic) bond motifs is 2. The predicted molar refractivity (Wildman–Crippen MR) is 41.0 cm³/mol. The van der Waals surface area contributed by atoms with Crippen molar-refractivity contribution in [3.63, 3.8) is 0 Å². The summed E-state index contributed by atoms with van der Waals surface area (Å²) in [5.74, 6) is 1.10. The van der Waals surface area contributed by atoms with Crippen LogP contribution in [0.2, 0.25) is 0 Å². The minimum atomic E-state index is 0. The Morgan fingerprint density at radius 1 is 1.11 bits per heavy atom. The molecule has 0 spiro atoms. The van der Waals surface area contributed by atoms with Crippen LogP contribution in [0, 0.1) is 5.92 Å². The van der Waals surface area contributed by atoms with Gasteiger partial charge in [-0.15, -0.1) is 12.4 Å². The van der Waals surface area contributed by atoms with Gasteiger partial charge in [0.05, 0.1) is 0 Å². The zero-order valence-electron chi connectivity index (χ0n) is 5.60. The van der Waals surface area contributed by atoms with E-state index in [0.29, 0.717) is 0 Å². The quantitative estimate of drug-likeness (QED) is 0.549. The fraction of sp³-hybridized carbons (Fsp3) is 1.00. The summed E-state index contributed by atoms with van der Waals surface area (Å²) in [6.45, 7) is 1.29. The predicted octanol–water partition coefficient (Wildman–Crippen LogP) is 1.57. The highest BCUT2D eigenvalue weighted by Crippen LogP contribution is 2.30. The van der Waals surface area contributed by atoms with Crippen molar-refractivity contribution in [2.45, 2.75) is 31.7 Å². The van der Waals surface area contributed by atoms with Crippen molar-refractivity contribution in [1.29, 1.82) is 0 Å². The summed E-state index contributed by atoms with van der Waals surface area (Å²) in [6, 6.07) is 0.911. The molecule has 0 aromatic heterocycles. The van der Waals surface area contributed by atoms with Gasteiger partial charge in [-0.1, -0.05) is 0 Å². The molecule has 1 aliphatic carbocycles. The first kappa shape index (κ1) is 7.36. The molecule has 2 rings (SSSR count). The molecule has 2 fully saturated rings. The molecule has 0 amide bonds. The van der Waals surface area contributed by atoms with Crippen LogP contribution in [0.1, 0.15) is 25.7 Å². The molecule has 2 heteroatoms. The van der Waals surface area contributed by atoms with E-state index in [0.717, 1.165) is 12.0 Å². The third-order valence-corrected chi connectivity index (χ3v) is 2.53. The summed E-state index contributed by atoms with van der Waals surface area (Å²) in [5.41, 5.74) is 0. The number of hydrogen-bond acceptors (Lipinski definition) is 1. The van der Waals surface area contributed by atoms with Crippen molar-refractivity contribution in [2.75, 3.05) is 6.54 Å². The molecule has 1 saturated carbocycles. The Hall–Kier alpha value is 0.250. The van der Waals surface area contributed by atoms with Crippen LogP contribution in [0.3, 0.4) is 0 Å². The van der Waals surface area contributed by atoms with Crippen LogP contribution in [0.4, 0.5) is 0 Å². The minimum absolute atomic E-state index is 0. The number of nitrogens with one attached hydrogen (secondary N) is 1.